The van der Waals surface area contributed by atoms with E-state index in [4.69, 9.17) is 0 Å². The van der Waals surface area contributed by atoms with Gasteiger partial charge in [-0.05, 0) is 39.8 Å². The summed E-state index contributed by atoms with van der Waals surface area (Å²) in [5.41, 5.74) is 5.65. The molecule has 2 aliphatic carbocycles. The van der Waals surface area contributed by atoms with Crippen LogP contribution in [0, 0.1) is 5.41 Å². The van der Waals surface area contributed by atoms with Crippen molar-refractivity contribution in [3.05, 3.63) is 79.7 Å². The van der Waals surface area contributed by atoms with Crippen LogP contribution in [0.1, 0.15) is 47.9 Å². The summed E-state index contributed by atoms with van der Waals surface area (Å²) in [5.74, 6) is 0.851. The fraction of sp³-hybridized carbons (Fsp3) is 0.238. The molecule has 2 aromatic rings. The van der Waals surface area contributed by atoms with Gasteiger partial charge in [0.05, 0.1) is 0 Å². The lowest BCUT2D eigenvalue weighted by Gasteiger charge is -2.37. The summed E-state index contributed by atoms with van der Waals surface area (Å²) in [6.07, 6.45) is 9.29. The van der Waals surface area contributed by atoms with Crippen molar-refractivity contribution in [1.82, 2.24) is 0 Å². The van der Waals surface area contributed by atoms with Crippen LogP contribution in [0.25, 0.3) is 12.2 Å². The molecule has 0 bridgehead atoms. The van der Waals surface area contributed by atoms with Gasteiger partial charge in [0, 0.05) is 20.8 Å². The molecule has 2 heteroatoms. The molecule has 2 unspecified atom stereocenters. The predicted octanol–water partition coefficient (Wildman–Crippen LogP) is 7.16. The Hall–Kier alpha value is -1.12. The monoisotopic (exact) mass is 428 g/mol. The van der Waals surface area contributed by atoms with Crippen molar-refractivity contribution in [2.45, 2.75) is 25.7 Å². The van der Waals surface area contributed by atoms with Crippen LogP contribution in [0.3, 0.4) is 0 Å². The lowest BCUT2D eigenvalue weighted by atomic mass is 9.66. The van der Waals surface area contributed by atoms with Crippen molar-refractivity contribution < 1.29 is 0 Å². The van der Waals surface area contributed by atoms with E-state index in [1.54, 1.807) is 0 Å². The molecule has 0 N–H and O–H groups in total. The number of rotatable bonds is 2. The second kappa shape index (κ2) is 5.46. The Kier molecular flexibility index (Phi) is 3.66. The minimum absolute atomic E-state index is 0.116. The number of halogens is 2. The topological polar surface area (TPSA) is 0 Å². The van der Waals surface area contributed by atoms with Gasteiger partial charge in [-0.1, -0.05) is 94.3 Å². The average molecular weight is 430 g/mol. The molecule has 0 saturated heterocycles. The van der Waals surface area contributed by atoms with Gasteiger partial charge in [-0.25, -0.2) is 0 Å². The highest BCUT2D eigenvalue weighted by Gasteiger charge is 2.41. The SMILES string of the molecule is CC(C)(C1C=Cc2c(Br)cccc21)C1C=Cc2c(Br)cccc21. The predicted molar refractivity (Wildman–Crippen MR) is 106 cm³/mol. The lowest BCUT2D eigenvalue weighted by molar-refractivity contribution is 0.292. The molecule has 4 rings (SSSR count). The Morgan fingerprint density at radius 2 is 1.17 bits per heavy atom. The van der Waals surface area contributed by atoms with Gasteiger partial charge in [0.15, 0.2) is 0 Å². The standard InChI is InChI=1S/C21H18Br2/c1-21(2,17-11-9-15-13(17)5-3-7-19(15)22)18-12-10-16-14(18)6-4-8-20(16)23/h3-12,17-18H,1-2H3. The molecule has 2 aromatic carbocycles. The van der Waals surface area contributed by atoms with Gasteiger partial charge in [0.2, 0.25) is 0 Å². The maximum absolute atomic E-state index is 3.69. The van der Waals surface area contributed by atoms with E-state index < -0.39 is 0 Å². The molecule has 0 spiro atoms. The van der Waals surface area contributed by atoms with Crippen LogP contribution < -0.4 is 0 Å². The van der Waals surface area contributed by atoms with E-state index in [-0.39, 0.29) is 5.41 Å². The maximum atomic E-state index is 3.69. The number of hydrogen-bond donors (Lipinski definition) is 0. The smallest absolute Gasteiger partial charge is 0.0250 e. The van der Waals surface area contributed by atoms with Gasteiger partial charge in [0.1, 0.15) is 0 Å². The van der Waals surface area contributed by atoms with Crippen molar-refractivity contribution in [2.75, 3.05) is 0 Å². The third-order valence-electron chi connectivity index (χ3n) is 5.36. The fourth-order valence-electron chi connectivity index (χ4n) is 4.08. The Morgan fingerprint density at radius 1 is 0.739 bits per heavy atom. The van der Waals surface area contributed by atoms with Gasteiger partial charge < -0.3 is 0 Å². The molecule has 0 radical (unpaired) electrons. The Morgan fingerprint density at radius 3 is 1.61 bits per heavy atom. The molecule has 23 heavy (non-hydrogen) atoms. The molecular formula is C21H18Br2. The number of fused-ring (bicyclic) bond motifs is 2. The average Bonchev–Trinajstić information content (AvgIpc) is 3.12. The van der Waals surface area contributed by atoms with Gasteiger partial charge in [-0.2, -0.15) is 0 Å². The second-order valence-corrected chi connectivity index (χ2v) is 8.69. The van der Waals surface area contributed by atoms with Gasteiger partial charge in [-0.15, -0.1) is 0 Å². The van der Waals surface area contributed by atoms with Gasteiger partial charge in [-0.3, -0.25) is 0 Å². The summed E-state index contributed by atoms with van der Waals surface area (Å²) in [6, 6.07) is 13.1. The van der Waals surface area contributed by atoms with Crippen molar-refractivity contribution in [3.63, 3.8) is 0 Å². The fourth-order valence-corrected chi connectivity index (χ4v) is 5.11. The molecule has 0 nitrogen and oxygen atoms in total. The van der Waals surface area contributed by atoms with E-state index in [0.29, 0.717) is 11.8 Å². The molecule has 0 saturated carbocycles. The molecule has 116 valence electrons. The van der Waals surface area contributed by atoms with E-state index in [9.17, 15) is 0 Å². The first kappa shape index (κ1) is 15.4. The van der Waals surface area contributed by atoms with Crippen LogP contribution in [-0.4, -0.2) is 0 Å². The minimum Gasteiger partial charge on any atom is -0.0758 e. The van der Waals surface area contributed by atoms with Crippen LogP contribution in [0.15, 0.2) is 57.5 Å². The first-order chi connectivity index (χ1) is 11.0. The van der Waals surface area contributed by atoms with E-state index in [2.05, 4.69) is 106 Å². The summed E-state index contributed by atoms with van der Waals surface area (Å²) < 4.78 is 2.38. The zero-order valence-electron chi connectivity index (χ0n) is 13.2. The Bertz CT molecular complexity index is 773. The van der Waals surface area contributed by atoms with Crippen LogP contribution >= 0.6 is 31.9 Å². The lowest BCUT2D eigenvalue weighted by Crippen LogP contribution is -2.26. The molecule has 0 amide bonds. The summed E-state index contributed by atoms with van der Waals surface area (Å²) in [6.45, 7) is 4.78. The van der Waals surface area contributed by atoms with Crippen molar-refractivity contribution in [2.24, 2.45) is 5.41 Å². The zero-order chi connectivity index (χ0) is 16.2. The van der Waals surface area contributed by atoms with Crippen LogP contribution in [-0.2, 0) is 0 Å². The first-order valence-electron chi connectivity index (χ1n) is 7.93. The van der Waals surface area contributed by atoms with E-state index >= 15 is 0 Å². The molecule has 0 aliphatic heterocycles. The van der Waals surface area contributed by atoms with Crippen LogP contribution in [0.2, 0.25) is 0 Å². The van der Waals surface area contributed by atoms with Gasteiger partial charge >= 0.3 is 0 Å². The summed E-state index contributed by atoms with van der Waals surface area (Å²) in [7, 11) is 0. The number of allylic oxidation sites excluding steroid dienone is 2. The highest BCUT2D eigenvalue weighted by molar-refractivity contribution is 9.10. The van der Waals surface area contributed by atoms with Crippen LogP contribution in [0.5, 0.6) is 0 Å². The van der Waals surface area contributed by atoms with Crippen LogP contribution in [0.4, 0.5) is 0 Å². The third kappa shape index (κ3) is 2.30. The van der Waals surface area contributed by atoms with E-state index in [1.165, 1.54) is 31.2 Å². The Balaban J connectivity index is 1.78. The minimum atomic E-state index is 0.116. The maximum Gasteiger partial charge on any atom is 0.0250 e. The van der Waals surface area contributed by atoms with E-state index in [1.807, 2.05) is 0 Å². The third-order valence-corrected chi connectivity index (χ3v) is 6.74. The summed E-state index contributed by atoms with van der Waals surface area (Å²) in [4.78, 5) is 0. The first-order valence-corrected chi connectivity index (χ1v) is 9.52. The summed E-state index contributed by atoms with van der Waals surface area (Å²) >= 11 is 7.38. The molecular weight excluding hydrogens is 412 g/mol. The zero-order valence-corrected chi connectivity index (χ0v) is 16.4. The molecule has 0 aromatic heterocycles. The number of hydrogen-bond acceptors (Lipinski definition) is 0. The number of benzene rings is 2. The van der Waals surface area contributed by atoms with Crippen molar-refractivity contribution >= 4 is 44.0 Å². The highest BCUT2D eigenvalue weighted by Crippen LogP contribution is 2.54. The highest BCUT2D eigenvalue weighted by atomic mass is 79.9. The summed E-state index contributed by atoms with van der Waals surface area (Å²) in [5, 5.41) is 0. The van der Waals surface area contributed by atoms with Crippen molar-refractivity contribution in [3.8, 4) is 0 Å². The largest absolute Gasteiger partial charge is 0.0758 e. The normalized spacial score (nSPS) is 21.6. The quantitative estimate of drug-likeness (QED) is 0.475. The molecule has 0 fully saturated rings. The molecule has 2 aliphatic rings. The Labute approximate surface area is 154 Å². The van der Waals surface area contributed by atoms with Gasteiger partial charge in [0.25, 0.3) is 0 Å². The second-order valence-electron chi connectivity index (χ2n) is 6.98. The van der Waals surface area contributed by atoms with Crippen molar-refractivity contribution in [1.29, 1.82) is 0 Å². The van der Waals surface area contributed by atoms with E-state index in [0.717, 1.165) is 0 Å². The molecule has 0 heterocycles. The molecule has 2 atom stereocenters.